The van der Waals surface area contributed by atoms with Crippen LogP contribution in [0.3, 0.4) is 0 Å². The zero-order valence-corrected chi connectivity index (χ0v) is 8.46. The number of primary amides is 1. The van der Waals surface area contributed by atoms with Crippen LogP contribution in [0.25, 0.3) is 0 Å². The fourth-order valence-electron chi connectivity index (χ4n) is 1.96. The summed E-state index contributed by atoms with van der Waals surface area (Å²) in [5, 5.41) is 9.94. The van der Waals surface area contributed by atoms with Gasteiger partial charge in [-0.2, -0.15) is 0 Å². The summed E-state index contributed by atoms with van der Waals surface area (Å²) in [6.07, 6.45) is 2.54. The van der Waals surface area contributed by atoms with Crippen molar-refractivity contribution in [1.29, 1.82) is 0 Å². The topological polar surface area (TPSA) is 79.7 Å². The molecule has 15 heavy (non-hydrogen) atoms. The third-order valence-electron chi connectivity index (χ3n) is 2.98. The molecule has 2 rings (SSSR count). The number of nitrogens with two attached hydrogens (primary N) is 1. The monoisotopic (exact) mass is 210 g/mol. The van der Waals surface area contributed by atoms with Crippen LogP contribution in [0.15, 0.2) is 22.8 Å². The average Bonchev–Trinajstić information content (AvgIpc) is 2.82. The maximum absolute atomic E-state index is 10.7. The van der Waals surface area contributed by atoms with E-state index in [9.17, 15) is 10.0 Å². The number of hydroxylamine groups is 2. The normalized spacial score (nSPS) is 26.0. The molecule has 1 aliphatic rings. The number of carbonyl (C=O) groups is 1. The molecule has 0 bridgehead atoms. The summed E-state index contributed by atoms with van der Waals surface area (Å²) in [4.78, 5) is 10.7. The predicted molar refractivity (Wildman–Crippen MR) is 52.2 cm³/mol. The van der Waals surface area contributed by atoms with E-state index in [4.69, 9.17) is 10.2 Å². The number of rotatable bonds is 3. The first-order chi connectivity index (χ1) is 7.11. The molecule has 1 saturated carbocycles. The quantitative estimate of drug-likeness (QED) is 0.586. The molecule has 82 valence electrons. The molecule has 0 aliphatic heterocycles. The van der Waals surface area contributed by atoms with Gasteiger partial charge < -0.3 is 10.2 Å². The number of hydrogen-bond donors (Lipinski definition) is 2. The molecular weight excluding hydrogens is 196 g/mol. The second-order valence-corrected chi connectivity index (χ2v) is 3.94. The Labute approximate surface area is 87.4 Å². The van der Waals surface area contributed by atoms with E-state index in [0.29, 0.717) is 11.0 Å². The molecule has 0 aromatic carbocycles. The Hall–Kier alpha value is -1.49. The Kier molecular flexibility index (Phi) is 2.40. The van der Waals surface area contributed by atoms with Crippen LogP contribution in [0.5, 0.6) is 0 Å². The average molecular weight is 210 g/mol. The molecule has 0 spiro atoms. The van der Waals surface area contributed by atoms with Gasteiger partial charge in [-0.3, -0.25) is 5.21 Å². The Balaban J connectivity index is 1.96. The van der Waals surface area contributed by atoms with Gasteiger partial charge in [0.25, 0.3) is 0 Å². The number of carbonyl (C=O) groups excluding carboxylic acids is 1. The van der Waals surface area contributed by atoms with E-state index in [1.54, 1.807) is 13.2 Å². The predicted octanol–water partition coefficient (Wildman–Crippen LogP) is 1.54. The first-order valence-electron chi connectivity index (χ1n) is 4.92. The molecule has 3 N–H and O–H groups in total. The molecule has 2 amide bonds. The lowest BCUT2D eigenvalue weighted by atomic mass is 10.1. The molecule has 3 unspecified atom stereocenters. The minimum atomic E-state index is -0.812. The van der Waals surface area contributed by atoms with E-state index in [1.165, 1.54) is 0 Å². The molecule has 0 radical (unpaired) electrons. The van der Waals surface area contributed by atoms with Crippen LogP contribution in [0, 0.1) is 5.92 Å². The standard InChI is InChI=1S/C10H14N2O3/c1-6(12(14)10(11)13)7-5-8(7)9-3-2-4-15-9/h2-4,6-8,14H,5H2,1H3,(H2,11,13). The molecule has 0 saturated heterocycles. The van der Waals surface area contributed by atoms with Crippen LogP contribution in [-0.4, -0.2) is 22.3 Å². The Morgan fingerprint density at radius 3 is 3.07 bits per heavy atom. The molecule has 1 fully saturated rings. The number of hydrogen-bond acceptors (Lipinski definition) is 3. The van der Waals surface area contributed by atoms with Crippen LogP contribution >= 0.6 is 0 Å². The van der Waals surface area contributed by atoms with Gasteiger partial charge in [0.15, 0.2) is 0 Å². The molecule has 3 atom stereocenters. The van der Waals surface area contributed by atoms with E-state index in [-0.39, 0.29) is 12.0 Å². The van der Waals surface area contributed by atoms with Gasteiger partial charge in [0.2, 0.25) is 0 Å². The van der Waals surface area contributed by atoms with Crippen molar-refractivity contribution in [2.24, 2.45) is 11.7 Å². The summed E-state index contributed by atoms with van der Waals surface area (Å²) in [5.74, 6) is 1.43. The number of urea groups is 1. The van der Waals surface area contributed by atoms with Gasteiger partial charge in [-0.25, -0.2) is 9.86 Å². The molecule has 1 aromatic rings. The number of nitrogens with zero attached hydrogens (tertiary/aromatic N) is 1. The highest BCUT2D eigenvalue weighted by atomic mass is 16.5. The zero-order chi connectivity index (χ0) is 11.0. The third-order valence-corrected chi connectivity index (χ3v) is 2.98. The first kappa shape index (κ1) is 10.0. The summed E-state index contributed by atoms with van der Waals surface area (Å²) in [7, 11) is 0. The number of amides is 2. The summed E-state index contributed by atoms with van der Waals surface area (Å²) >= 11 is 0. The van der Waals surface area contributed by atoms with Crippen LogP contribution < -0.4 is 5.73 Å². The summed E-state index contributed by atoms with van der Waals surface area (Å²) in [5.41, 5.74) is 4.98. The van der Waals surface area contributed by atoms with E-state index in [0.717, 1.165) is 12.2 Å². The van der Waals surface area contributed by atoms with Gasteiger partial charge in [0, 0.05) is 5.92 Å². The van der Waals surface area contributed by atoms with Crippen molar-refractivity contribution in [3.63, 3.8) is 0 Å². The second kappa shape index (κ2) is 3.58. The summed E-state index contributed by atoms with van der Waals surface area (Å²) < 4.78 is 5.26. The number of furan rings is 1. The largest absolute Gasteiger partial charge is 0.469 e. The van der Waals surface area contributed by atoms with Crippen LogP contribution in [-0.2, 0) is 0 Å². The van der Waals surface area contributed by atoms with E-state index < -0.39 is 6.03 Å². The molecule has 5 heteroatoms. The third kappa shape index (κ3) is 1.83. The van der Waals surface area contributed by atoms with Crippen molar-refractivity contribution >= 4 is 6.03 Å². The SMILES string of the molecule is CC(C1CC1c1ccco1)N(O)C(N)=O. The highest BCUT2D eigenvalue weighted by molar-refractivity contribution is 5.71. The zero-order valence-electron chi connectivity index (χ0n) is 8.46. The summed E-state index contributed by atoms with van der Waals surface area (Å²) in [6.45, 7) is 1.78. The first-order valence-corrected chi connectivity index (χ1v) is 4.92. The van der Waals surface area contributed by atoms with Crippen molar-refractivity contribution in [1.82, 2.24) is 5.06 Å². The van der Waals surface area contributed by atoms with Crippen LogP contribution in [0.2, 0.25) is 0 Å². The lowest BCUT2D eigenvalue weighted by molar-refractivity contribution is -0.0761. The van der Waals surface area contributed by atoms with E-state index in [2.05, 4.69) is 0 Å². The molecule has 5 nitrogen and oxygen atoms in total. The minimum absolute atomic E-state index is 0.230. The van der Waals surface area contributed by atoms with Crippen molar-refractivity contribution in [3.05, 3.63) is 24.2 Å². The van der Waals surface area contributed by atoms with Crippen molar-refractivity contribution in [3.8, 4) is 0 Å². The van der Waals surface area contributed by atoms with Crippen LogP contribution in [0.1, 0.15) is 25.0 Å². The Morgan fingerprint density at radius 2 is 2.53 bits per heavy atom. The smallest absolute Gasteiger partial charge is 0.338 e. The Bertz CT molecular complexity index is 350. The minimum Gasteiger partial charge on any atom is -0.469 e. The maximum Gasteiger partial charge on any atom is 0.338 e. The fourth-order valence-corrected chi connectivity index (χ4v) is 1.96. The fraction of sp³-hybridized carbons (Fsp3) is 0.500. The molecule has 1 heterocycles. The van der Waals surface area contributed by atoms with Gasteiger partial charge in [-0.15, -0.1) is 0 Å². The highest BCUT2D eigenvalue weighted by Gasteiger charge is 2.46. The summed E-state index contributed by atoms with van der Waals surface area (Å²) in [6, 6.07) is 2.66. The van der Waals surface area contributed by atoms with E-state index in [1.807, 2.05) is 12.1 Å². The molecular formula is C10H14N2O3. The molecule has 1 aliphatic carbocycles. The highest BCUT2D eigenvalue weighted by Crippen LogP contribution is 2.50. The van der Waals surface area contributed by atoms with Gasteiger partial charge in [0.05, 0.1) is 12.3 Å². The van der Waals surface area contributed by atoms with Crippen molar-refractivity contribution in [2.75, 3.05) is 0 Å². The molecule has 1 aromatic heterocycles. The Morgan fingerprint density at radius 1 is 1.80 bits per heavy atom. The van der Waals surface area contributed by atoms with Gasteiger partial charge >= 0.3 is 6.03 Å². The van der Waals surface area contributed by atoms with Crippen LogP contribution in [0.4, 0.5) is 4.79 Å². The van der Waals surface area contributed by atoms with Crippen molar-refractivity contribution in [2.45, 2.75) is 25.3 Å². The lowest BCUT2D eigenvalue weighted by Crippen LogP contribution is -2.40. The van der Waals surface area contributed by atoms with Gasteiger partial charge in [-0.05, 0) is 31.4 Å². The van der Waals surface area contributed by atoms with Gasteiger partial charge in [-0.1, -0.05) is 0 Å². The van der Waals surface area contributed by atoms with Gasteiger partial charge in [0.1, 0.15) is 5.76 Å². The van der Waals surface area contributed by atoms with Crippen molar-refractivity contribution < 1.29 is 14.4 Å². The van der Waals surface area contributed by atoms with E-state index >= 15 is 0 Å². The maximum atomic E-state index is 10.7. The lowest BCUT2D eigenvalue weighted by Gasteiger charge is -2.20. The second-order valence-electron chi connectivity index (χ2n) is 3.94.